The summed E-state index contributed by atoms with van der Waals surface area (Å²) in [6.07, 6.45) is 2.76. The number of halogens is 1. The molecule has 0 spiro atoms. The van der Waals surface area contributed by atoms with E-state index in [-0.39, 0.29) is 0 Å². The van der Waals surface area contributed by atoms with Gasteiger partial charge in [-0.2, -0.15) is 0 Å². The van der Waals surface area contributed by atoms with Crippen molar-refractivity contribution in [1.82, 2.24) is 4.98 Å². The molecule has 0 atom stereocenters. The Bertz CT molecular complexity index is 255. The topological polar surface area (TPSA) is 34.1 Å². The second-order valence-corrected chi connectivity index (χ2v) is 3.55. The Morgan fingerprint density at radius 2 is 2.46 bits per heavy atom. The third kappa shape index (κ3) is 4.24. The van der Waals surface area contributed by atoms with Crippen LogP contribution in [0.4, 0.5) is 5.82 Å². The number of hydrogen-bond acceptors (Lipinski definition) is 3. The second kappa shape index (κ2) is 5.94. The number of pyridine rings is 1. The molecule has 1 N–H and O–H groups in total. The number of anilines is 1. The largest absolute Gasteiger partial charge is 0.385 e. The third-order valence-corrected chi connectivity index (χ3v) is 2.05. The highest BCUT2D eigenvalue weighted by atomic mass is 79.9. The fraction of sp³-hybridized carbons (Fsp3) is 0.444. The number of nitrogens with one attached hydrogen (secondary N) is 1. The van der Waals surface area contributed by atoms with Gasteiger partial charge in [-0.15, -0.1) is 0 Å². The minimum atomic E-state index is 0.779. The van der Waals surface area contributed by atoms with Crippen LogP contribution in [0.1, 0.15) is 6.42 Å². The summed E-state index contributed by atoms with van der Waals surface area (Å²) in [7, 11) is 1.71. The van der Waals surface area contributed by atoms with E-state index < -0.39 is 0 Å². The maximum atomic E-state index is 4.93. The summed E-state index contributed by atoms with van der Waals surface area (Å²) in [6.45, 7) is 1.66. The molecule has 0 fully saturated rings. The van der Waals surface area contributed by atoms with Crippen molar-refractivity contribution >= 4 is 21.7 Å². The lowest BCUT2D eigenvalue weighted by Gasteiger charge is -2.04. The minimum absolute atomic E-state index is 0.779. The van der Waals surface area contributed by atoms with Crippen LogP contribution in [0, 0.1) is 0 Å². The predicted molar refractivity (Wildman–Crippen MR) is 56.9 cm³/mol. The van der Waals surface area contributed by atoms with Gasteiger partial charge in [-0.3, -0.25) is 0 Å². The summed E-state index contributed by atoms with van der Waals surface area (Å²) < 4.78 is 5.97. The predicted octanol–water partition coefficient (Wildman–Crippen LogP) is 2.29. The molecule has 0 saturated heterocycles. The molecule has 0 aliphatic carbocycles. The zero-order valence-electron chi connectivity index (χ0n) is 7.59. The van der Waals surface area contributed by atoms with Crippen LogP contribution in [0.5, 0.6) is 0 Å². The zero-order valence-corrected chi connectivity index (χ0v) is 9.17. The van der Waals surface area contributed by atoms with E-state index in [9.17, 15) is 0 Å². The first-order valence-electron chi connectivity index (χ1n) is 4.17. The molecule has 0 bridgehead atoms. The van der Waals surface area contributed by atoms with Gasteiger partial charge in [-0.05, 0) is 18.6 Å². The number of ether oxygens (including phenoxy) is 1. The van der Waals surface area contributed by atoms with Crippen LogP contribution in [0.3, 0.4) is 0 Å². The van der Waals surface area contributed by atoms with Crippen LogP contribution >= 0.6 is 15.9 Å². The molecule has 1 aromatic rings. The van der Waals surface area contributed by atoms with Gasteiger partial charge in [0.2, 0.25) is 0 Å². The highest BCUT2D eigenvalue weighted by molar-refractivity contribution is 9.10. The van der Waals surface area contributed by atoms with Crippen molar-refractivity contribution < 1.29 is 4.74 Å². The average Bonchev–Trinajstić information content (AvgIpc) is 2.13. The van der Waals surface area contributed by atoms with E-state index in [1.54, 1.807) is 13.3 Å². The van der Waals surface area contributed by atoms with Gasteiger partial charge in [0.25, 0.3) is 0 Å². The fourth-order valence-electron chi connectivity index (χ4n) is 0.934. The minimum Gasteiger partial charge on any atom is -0.385 e. The van der Waals surface area contributed by atoms with Crippen molar-refractivity contribution in [1.29, 1.82) is 0 Å². The van der Waals surface area contributed by atoms with E-state index in [0.29, 0.717) is 0 Å². The Balaban J connectivity index is 2.28. The first kappa shape index (κ1) is 10.5. The molecule has 0 aliphatic heterocycles. The SMILES string of the molecule is COCCCNc1cc(Br)ccn1. The monoisotopic (exact) mass is 244 g/mol. The van der Waals surface area contributed by atoms with E-state index in [1.165, 1.54) is 0 Å². The van der Waals surface area contributed by atoms with Crippen LogP contribution in [0.2, 0.25) is 0 Å². The molecule has 0 radical (unpaired) electrons. The van der Waals surface area contributed by atoms with Gasteiger partial charge in [-0.1, -0.05) is 15.9 Å². The van der Waals surface area contributed by atoms with Crippen LogP contribution in [0.25, 0.3) is 0 Å². The molecular formula is C9H13BrN2O. The van der Waals surface area contributed by atoms with Crippen LogP contribution in [-0.2, 0) is 4.74 Å². The standard InChI is InChI=1S/C9H13BrN2O/c1-13-6-2-4-11-9-7-8(10)3-5-12-9/h3,5,7H,2,4,6H2,1H3,(H,11,12). The van der Waals surface area contributed by atoms with Gasteiger partial charge >= 0.3 is 0 Å². The van der Waals surface area contributed by atoms with Gasteiger partial charge in [0, 0.05) is 30.9 Å². The highest BCUT2D eigenvalue weighted by Gasteiger charge is 1.93. The van der Waals surface area contributed by atoms with Crippen LogP contribution in [-0.4, -0.2) is 25.2 Å². The van der Waals surface area contributed by atoms with E-state index in [4.69, 9.17) is 4.74 Å². The molecule has 0 saturated carbocycles. The first-order chi connectivity index (χ1) is 6.33. The molecule has 72 valence electrons. The highest BCUT2D eigenvalue weighted by Crippen LogP contribution is 2.12. The molecule has 0 aromatic carbocycles. The molecular weight excluding hydrogens is 232 g/mol. The molecule has 13 heavy (non-hydrogen) atoms. The molecule has 0 amide bonds. The normalized spacial score (nSPS) is 10.0. The molecule has 1 rings (SSSR count). The summed E-state index contributed by atoms with van der Waals surface area (Å²) in [5.41, 5.74) is 0. The van der Waals surface area contributed by atoms with Crippen molar-refractivity contribution in [2.75, 3.05) is 25.6 Å². The van der Waals surface area contributed by atoms with Gasteiger partial charge in [0.05, 0.1) is 0 Å². The van der Waals surface area contributed by atoms with Crippen molar-refractivity contribution in [2.45, 2.75) is 6.42 Å². The van der Waals surface area contributed by atoms with Crippen molar-refractivity contribution in [3.63, 3.8) is 0 Å². The summed E-state index contributed by atoms with van der Waals surface area (Å²) in [5.74, 6) is 0.894. The molecule has 4 heteroatoms. The summed E-state index contributed by atoms with van der Waals surface area (Å²) in [5, 5.41) is 3.20. The average molecular weight is 245 g/mol. The lowest BCUT2D eigenvalue weighted by molar-refractivity contribution is 0.198. The molecule has 3 nitrogen and oxygen atoms in total. The smallest absolute Gasteiger partial charge is 0.127 e. The van der Waals surface area contributed by atoms with Gasteiger partial charge in [0.15, 0.2) is 0 Å². The number of nitrogens with zero attached hydrogens (tertiary/aromatic N) is 1. The van der Waals surface area contributed by atoms with Crippen LogP contribution in [0.15, 0.2) is 22.8 Å². The van der Waals surface area contributed by atoms with Gasteiger partial charge < -0.3 is 10.1 Å². The Morgan fingerprint density at radius 1 is 1.62 bits per heavy atom. The number of rotatable bonds is 5. The summed E-state index contributed by atoms with van der Waals surface area (Å²) in [4.78, 5) is 4.16. The quantitative estimate of drug-likeness (QED) is 0.808. The molecule has 0 unspecified atom stereocenters. The molecule has 0 aliphatic rings. The lowest BCUT2D eigenvalue weighted by Crippen LogP contribution is -2.05. The summed E-state index contributed by atoms with van der Waals surface area (Å²) in [6, 6.07) is 3.85. The number of aromatic nitrogens is 1. The number of hydrogen-bond donors (Lipinski definition) is 1. The maximum absolute atomic E-state index is 4.93. The molecule has 1 heterocycles. The van der Waals surface area contributed by atoms with E-state index >= 15 is 0 Å². The summed E-state index contributed by atoms with van der Waals surface area (Å²) >= 11 is 3.38. The van der Waals surface area contributed by atoms with Crippen molar-refractivity contribution in [3.8, 4) is 0 Å². The van der Waals surface area contributed by atoms with Gasteiger partial charge in [0.1, 0.15) is 5.82 Å². The second-order valence-electron chi connectivity index (χ2n) is 2.63. The van der Waals surface area contributed by atoms with E-state index in [1.807, 2.05) is 12.1 Å². The third-order valence-electron chi connectivity index (χ3n) is 1.55. The Kier molecular flexibility index (Phi) is 4.78. The fourth-order valence-corrected chi connectivity index (χ4v) is 1.27. The lowest BCUT2D eigenvalue weighted by atomic mass is 10.4. The maximum Gasteiger partial charge on any atom is 0.127 e. The van der Waals surface area contributed by atoms with Crippen molar-refractivity contribution in [3.05, 3.63) is 22.8 Å². The first-order valence-corrected chi connectivity index (χ1v) is 4.96. The Labute approximate surface area is 86.6 Å². The Hall–Kier alpha value is -0.610. The number of methoxy groups -OCH3 is 1. The Morgan fingerprint density at radius 3 is 3.15 bits per heavy atom. The zero-order chi connectivity index (χ0) is 9.52. The van der Waals surface area contributed by atoms with Crippen molar-refractivity contribution in [2.24, 2.45) is 0 Å². The molecule has 1 aromatic heterocycles. The van der Waals surface area contributed by atoms with Crippen LogP contribution < -0.4 is 5.32 Å². The van der Waals surface area contributed by atoms with E-state index in [0.717, 1.165) is 29.9 Å². The van der Waals surface area contributed by atoms with E-state index in [2.05, 4.69) is 26.2 Å². The van der Waals surface area contributed by atoms with Gasteiger partial charge in [-0.25, -0.2) is 4.98 Å².